The standard InChI is InChI=1S/C17H20N2O2/c20-16-9-3-1-2-8-14(16)19-17(21)15-11-10-12-6-4-5-7-13(12)18-15/h4-7,10-11,14,16,20H,1-3,8-9H2,(H,19,21). The lowest BCUT2D eigenvalue weighted by atomic mass is 10.1. The van der Waals surface area contributed by atoms with E-state index >= 15 is 0 Å². The topological polar surface area (TPSA) is 62.2 Å². The van der Waals surface area contributed by atoms with Crippen molar-refractivity contribution in [3.05, 3.63) is 42.1 Å². The van der Waals surface area contributed by atoms with E-state index in [4.69, 9.17) is 0 Å². The molecule has 1 aliphatic rings. The maximum absolute atomic E-state index is 12.3. The van der Waals surface area contributed by atoms with Crippen molar-refractivity contribution in [2.24, 2.45) is 0 Å². The molecule has 0 aliphatic heterocycles. The van der Waals surface area contributed by atoms with Gasteiger partial charge in [-0.1, -0.05) is 43.5 Å². The highest BCUT2D eigenvalue weighted by Gasteiger charge is 2.24. The first-order valence-electron chi connectivity index (χ1n) is 7.59. The van der Waals surface area contributed by atoms with Gasteiger partial charge in [-0.2, -0.15) is 0 Å². The molecule has 1 aliphatic carbocycles. The molecule has 2 N–H and O–H groups in total. The van der Waals surface area contributed by atoms with Crippen LogP contribution in [0.2, 0.25) is 0 Å². The summed E-state index contributed by atoms with van der Waals surface area (Å²) < 4.78 is 0. The summed E-state index contributed by atoms with van der Waals surface area (Å²) in [6, 6.07) is 11.2. The molecule has 1 amide bonds. The summed E-state index contributed by atoms with van der Waals surface area (Å²) in [5.41, 5.74) is 1.22. The lowest BCUT2D eigenvalue weighted by molar-refractivity contribution is 0.0814. The Balaban J connectivity index is 1.76. The zero-order valence-electron chi connectivity index (χ0n) is 12.0. The molecule has 4 nitrogen and oxygen atoms in total. The first-order valence-corrected chi connectivity index (χ1v) is 7.59. The fourth-order valence-electron chi connectivity index (χ4n) is 2.89. The van der Waals surface area contributed by atoms with Gasteiger partial charge in [-0.25, -0.2) is 4.98 Å². The number of carbonyl (C=O) groups excluding carboxylic acids is 1. The molecule has 1 aromatic carbocycles. The van der Waals surface area contributed by atoms with E-state index in [-0.39, 0.29) is 11.9 Å². The molecule has 0 bridgehead atoms. The molecular formula is C17H20N2O2. The summed E-state index contributed by atoms with van der Waals surface area (Å²) in [6.45, 7) is 0. The Kier molecular flexibility index (Phi) is 4.15. The quantitative estimate of drug-likeness (QED) is 0.833. The van der Waals surface area contributed by atoms with Crippen molar-refractivity contribution in [3.63, 3.8) is 0 Å². The Morgan fingerprint density at radius 2 is 1.90 bits per heavy atom. The number of nitrogens with one attached hydrogen (secondary N) is 1. The molecule has 1 aromatic heterocycles. The third-order valence-corrected chi connectivity index (χ3v) is 4.13. The van der Waals surface area contributed by atoms with Gasteiger partial charge in [0.15, 0.2) is 0 Å². The van der Waals surface area contributed by atoms with Crippen LogP contribution in [-0.4, -0.2) is 28.1 Å². The van der Waals surface area contributed by atoms with Crippen molar-refractivity contribution >= 4 is 16.8 Å². The van der Waals surface area contributed by atoms with Crippen LogP contribution in [0.15, 0.2) is 36.4 Å². The first-order chi connectivity index (χ1) is 10.2. The van der Waals surface area contributed by atoms with E-state index in [0.29, 0.717) is 5.69 Å². The second kappa shape index (κ2) is 6.22. The summed E-state index contributed by atoms with van der Waals surface area (Å²) in [5.74, 6) is -0.202. The largest absolute Gasteiger partial charge is 0.391 e. The normalized spacial score (nSPS) is 22.7. The van der Waals surface area contributed by atoms with Gasteiger partial charge in [0.25, 0.3) is 5.91 Å². The van der Waals surface area contributed by atoms with Crippen LogP contribution in [0.3, 0.4) is 0 Å². The van der Waals surface area contributed by atoms with Gasteiger partial charge in [-0.15, -0.1) is 0 Å². The van der Waals surface area contributed by atoms with Crippen molar-refractivity contribution in [2.75, 3.05) is 0 Å². The smallest absolute Gasteiger partial charge is 0.270 e. The lowest BCUT2D eigenvalue weighted by Gasteiger charge is -2.21. The van der Waals surface area contributed by atoms with Gasteiger partial charge in [0.1, 0.15) is 5.69 Å². The molecule has 3 rings (SSSR count). The Morgan fingerprint density at radius 3 is 2.81 bits per heavy atom. The predicted octanol–water partition coefficient (Wildman–Crippen LogP) is 2.66. The Hall–Kier alpha value is -1.94. The van der Waals surface area contributed by atoms with Crippen LogP contribution in [0.1, 0.15) is 42.6 Å². The van der Waals surface area contributed by atoms with Gasteiger partial charge in [0, 0.05) is 5.39 Å². The molecule has 4 heteroatoms. The second-order valence-corrected chi connectivity index (χ2v) is 5.67. The average molecular weight is 284 g/mol. The maximum atomic E-state index is 12.3. The fraction of sp³-hybridized carbons (Fsp3) is 0.412. The van der Waals surface area contributed by atoms with Crippen LogP contribution in [0.4, 0.5) is 0 Å². The highest BCUT2D eigenvalue weighted by molar-refractivity contribution is 5.95. The molecule has 2 unspecified atom stereocenters. The highest BCUT2D eigenvalue weighted by Crippen LogP contribution is 2.18. The van der Waals surface area contributed by atoms with E-state index in [9.17, 15) is 9.90 Å². The third-order valence-electron chi connectivity index (χ3n) is 4.13. The van der Waals surface area contributed by atoms with Gasteiger partial charge in [0.2, 0.25) is 0 Å². The number of pyridine rings is 1. The Bertz CT molecular complexity index is 641. The monoisotopic (exact) mass is 284 g/mol. The number of aromatic nitrogens is 1. The van der Waals surface area contributed by atoms with Gasteiger partial charge < -0.3 is 10.4 Å². The van der Waals surface area contributed by atoms with E-state index in [0.717, 1.165) is 43.0 Å². The average Bonchev–Trinajstić information content (AvgIpc) is 2.72. The number of hydrogen-bond acceptors (Lipinski definition) is 3. The summed E-state index contributed by atoms with van der Waals surface area (Å²) in [6.07, 6.45) is 4.35. The van der Waals surface area contributed by atoms with Crippen LogP contribution in [0.5, 0.6) is 0 Å². The lowest BCUT2D eigenvalue weighted by Crippen LogP contribution is -2.42. The van der Waals surface area contributed by atoms with Gasteiger partial charge in [0.05, 0.1) is 17.7 Å². The Labute approximate surface area is 124 Å². The fourth-order valence-corrected chi connectivity index (χ4v) is 2.89. The van der Waals surface area contributed by atoms with Gasteiger partial charge in [-0.05, 0) is 25.0 Å². The van der Waals surface area contributed by atoms with Crippen LogP contribution in [0, 0.1) is 0 Å². The second-order valence-electron chi connectivity index (χ2n) is 5.67. The molecule has 1 saturated carbocycles. The van der Waals surface area contributed by atoms with Crippen molar-refractivity contribution in [2.45, 2.75) is 44.2 Å². The van der Waals surface area contributed by atoms with Crippen molar-refractivity contribution in [1.82, 2.24) is 10.3 Å². The molecule has 21 heavy (non-hydrogen) atoms. The van der Waals surface area contributed by atoms with Gasteiger partial charge >= 0.3 is 0 Å². The maximum Gasteiger partial charge on any atom is 0.270 e. The zero-order valence-corrected chi connectivity index (χ0v) is 12.0. The number of fused-ring (bicyclic) bond motifs is 1. The minimum atomic E-state index is -0.447. The summed E-state index contributed by atoms with van der Waals surface area (Å²) in [7, 11) is 0. The van der Waals surface area contributed by atoms with Crippen LogP contribution >= 0.6 is 0 Å². The predicted molar refractivity (Wildman–Crippen MR) is 82.1 cm³/mol. The summed E-state index contributed by atoms with van der Waals surface area (Å²) in [5, 5.41) is 14.0. The van der Waals surface area contributed by atoms with E-state index in [1.54, 1.807) is 6.07 Å². The SMILES string of the molecule is O=C(NC1CCCCCC1O)c1ccc2ccccc2n1. The molecule has 2 atom stereocenters. The molecule has 110 valence electrons. The minimum absolute atomic E-state index is 0.159. The first kappa shape index (κ1) is 14.0. The van der Waals surface area contributed by atoms with Crippen LogP contribution in [-0.2, 0) is 0 Å². The van der Waals surface area contributed by atoms with Crippen LogP contribution in [0.25, 0.3) is 10.9 Å². The number of hydrogen-bond donors (Lipinski definition) is 2. The minimum Gasteiger partial charge on any atom is -0.391 e. The number of carbonyl (C=O) groups is 1. The summed E-state index contributed by atoms with van der Waals surface area (Å²) in [4.78, 5) is 16.7. The van der Waals surface area contributed by atoms with E-state index in [1.165, 1.54) is 0 Å². The number of benzene rings is 1. The molecule has 0 spiro atoms. The molecule has 0 radical (unpaired) electrons. The van der Waals surface area contributed by atoms with Gasteiger partial charge in [-0.3, -0.25) is 4.79 Å². The number of nitrogens with zero attached hydrogens (tertiary/aromatic N) is 1. The summed E-state index contributed by atoms with van der Waals surface area (Å²) >= 11 is 0. The van der Waals surface area contributed by atoms with Crippen molar-refractivity contribution in [3.8, 4) is 0 Å². The van der Waals surface area contributed by atoms with E-state index < -0.39 is 6.10 Å². The molecule has 2 aromatic rings. The van der Waals surface area contributed by atoms with Crippen molar-refractivity contribution in [1.29, 1.82) is 0 Å². The molecule has 0 saturated heterocycles. The van der Waals surface area contributed by atoms with E-state index in [2.05, 4.69) is 10.3 Å². The van der Waals surface area contributed by atoms with Crippen molar-refractivity contribution < 1.29 is 9.90 Å². The number of rotatable bonds is 2. The molecule has 1 fully saturated rings. The zero-order chi connectivity index (χ0) is 14.7. The third kappa shape index (κ3) is 3.22. The molecular weight excluding hydrogens is 264 g/mol. The highest BCUT2D eigenvalue weighted by atomic mass is 16.3. The van der Waals surface area contributed by atoms with Crippen LogP contribution < -0.4 is 5.32 Å². The number of para-hydroxylation sites is 1. The number of amides is 1. The number of aliphatic hydroxyl groups is 1. The molecule has 1 heterocycles. The van der Waals surface area contributed by atoms with E-state index in [1.807, 2.05) is 30.3 Å². The number of aliphatic hydroxyl groups excluding tert-OH is 1. The Morgan fingerprint density at radius 1 is 1.10 bits per heavy atom.